The van der Waals surface area contributed by atoms with Gasteiger partial charge >= 0.3 is 0 Å². The van der Waals surface area contributed by atoms with E-state index in [2.05, 4.69) is 5.32 Å². The van der Waals surface area contributed by atoms with E-state index in [4.69, 9.17) is 14.2 Å². The van der Waals surface area contributed by atoms with Gasteiger partial charge in [0.1, 0.15) is 11.4 Å². The summed E-state index contributed by atoms with van der Waals surface area (Å²) in [7, 11) is 0. The van der Waals surface area contributed by atoms with E-state index in [9.17, 15) is 14.9 Å². The third-order valence-electron chi connectivity index (χ3n) is 4.49. The van der Waals surface area contributed by atoms with Gasteiger partial charge in [0.15, 0.2) is 18.1 Å². The number of aryl methyl sites for hydroxylation is 1. The molecule has 1 amide bonds. The molecule has 2 aromatic carbocycles. The Labute approximate surface area is 168 Å². The zero-order valence-corrected chi connectivity index (χ0v) is 16.7. The maximum absolute atomic E-state index is 12.4. The second-order valence-corrected chi connectivity index (χ2v) is 7.16. The van der Waals surface area contributed by atoms with E-state index in [0.29, 0.717) is 36.9 Å². The number of rotatable bonds is 6. The van der Waals surface area contributed by atoms with Crippen molar-refractivity contribution in [3.05, 3.63) is 51.6 Å². The summed E-state index contributed by atoms with van der Waals surface area (Å²) in [4.78, 5) is 23.3. The molecular weight excluding hydrogens is 376 g/mol. The number of nitrogens with zero attached hydrogens (tertiary/aromatic N) is 1. The number of fused-ring (bicyclic) bond motifs is 1. The summed E-state index contributed by atoms with van der Waals surface area (Å²) in [5.74, 6) is 1.02. The largest absolute Gasteiger partial charge is 0.489 e. The number of hydrogen-bond donors (Lipinski definition) is 1. The molecule has 154 valence electrons. The molecule has 8 nitrogen and oxygen atoms in total. The fourth-order valence-corrected chi connectivity index (χ4v) is 3.02. The number of nitro groups is 1. The van der Waals surface area contributed by atoms with Crippen molar-refractivity contribution in [2.45, 2.75) is 33.1 Å². The maximum atomic E-state index is 12.4. The van der Waals surface area contributed by atoms with Crippen LogP contribution in [0, 0.1) is 17.0 Å². The highest BCUT2D eigenvalue weighted by atomic mass is 16.6. The van der Waals surface area contributed by atoms with Gasteiger partial charge in [-0.3, -0.25) is 14.9 Å². The Morgan fingerprint density at radius 3 is 2.55 bits per heavy atom. The molecule has 0 unspecified atom stereocenters. The second kappa shape index (κ2) is 8.81. The molecule has 3 rings (SSSR count). The molecule has 0 saturated carbocycles. The van der Waals surface area contributed by atoms with Crippen LogP contribution in [0.2, 0.25) is 0 Å². The minimum atomic E-state index is -0.567. The molecule has 0 spiro atoms. The van der Waals surface area contributed by atoms with Crippen LogP contribution in [-0.4, -0.2) is 30.7 Å². The Morgan fingerprint density at radius 1 is 1.21 bits per heavy atom. The number of ether oxygens (including phenoxy) is 3. The molecular formula is C21H24N2O6. The first-order valence-corrected chi connectivity index (χ1v) is 9.46. The molecule has 0 aromatic heterocycles. The number of anilines is 1. The molecule has 0 fully saturated rings. The van der Waals surface area contributed by atoms with E-state index in [-0.39, 0.29) is 23.9 Å². The lowest BCUT2D eigenvalue weighted by Crippen LogP contribution is -2.21. The van der Waals surface area contributed by atoms with Crippen LogP contribution in [0.25, 0.3) is 0 Å². The van der Waals surface area contributed by atoms with E-state index in [1.807, 2.05) is 39.0 Å². The monoisotopic (exact) mass is 400 g/mol. The van der Waals surface area contributed by atoms with Gasteiger partial charge in [-0.1, -0.05) is 26.0 Å². The highest BCUT2D eigenvalue weighted by Gasteiger charge is 2.23. The first kappa shape index (κ1) is 20.4. The average molecular weight is 400 g/mol. The Bertz CT molecular complexity index is 926. The smallest absolute Gasteiger partial charge is 0.296 e. The SMILES string of the molecule is Cc1ccc(C(C)C)c(OCC(=O)Nc2cc3c(cc2[N+](=O)[O-])OCCCO3)c1. The van der Waals surface area contributed by atoms with Gasteiger partial charge in [0.05, 0.1) is 24.2 Å². The third-order valence-corrected chi connectivity index (χ3v) is 4.49. The van der Waals surface area contributed by atoms with Gasteiger partial charge < -0.3 is 19.5 Å². The summed E-state index contributed by atoms with van der Waals surface area (Å²) in [6.45, 7) is 6.61. The average Bonchev–Trinajstić information content (AvgIpc) is 2.90. The van der Waals surface area contributed by atoms with E-state index in [1.165, 1.54) is 12.1 Å². The second-order valence-electron chi connectivity index (χ2n) is 7.16. The summed E-state index contributed by atoms with van der Waals surface area (Å²) in [5, 5.41) is 14.0. The lowest BCUT2D eigenvalue weighted by atomic mass is 10.0. The fraction of sp³-hybridized carbons (Fsp3) is 0.381. The van der Waals surface area contributed by atoms with Crippen LogP contribution in [0.15, 0.2) is 30.3 Å². The van der Waals surface area contributed by atoms with Crippen molar-refractivity contribution in [1.29, 1.82) is 0 Å². The van der Waals surface area contributed by atoms with Crippen molar-refractivity contribution in [2.75, 3.05) is 25.1 Å². The molecule has 1 N–H and O–H groups in total. The Kier molecular flexibility index (Phi) is 6.21. The summed E-state index contributed by atoms with van der Waals surface area (Å²) in [5.41, 5.74) is 1.79. The van der Waals surface area contributed by atoms with Gasteiger partial charge in [-0.15, -0.1) is 0 Å². The Morgan fingerprint density at radius 2 is 1.90 bits per heavy atom. The van der Waals surface area contributed by atoms with Crippen LogP contribution in [0.3, 0.4) is 0 Å². The van der Waals surface area contributed by atoms with Crippen LogP contribution >= 0.6 is 0 Å². The maximum Gasteiger partial charge on any atom is 0.296 e. The highest BCUT2D eigenvalue weighted by molar-refractivity contribution is 5.94. The lowest BCUT2D eigenvalue weighted by Gasteiger charge is -2.15. The van der Waals surface area contributed by atoms with Gasteiger partial charge in [-0.05, 0) is 30.0 Å². The molecule has 0 saturated heterocycles. The molecule has 0 bridgehead atoms. The van der Waals surface area contributed by atoms with Gasteiger partial charge in [0.25, 0.3) is 11.6 Å². The van der Waals surface area contributed by atoms with Gasteiger partial charge in [-0.25, -0.2) is 0 Å². The molecule has 8 heteroatoms. The van der Waals surface area contributed by atoms with Gasteiger partial charge in [-0.2, -0.15) is 0 Å². The van der Waals surface area contributed by atoms with Gasteiger partial charge in [0, 0.05) is 12.5 Å². The topological polar surface area (TPSA) is 99.9 Å². The van der Waals surface area contributed by atoms with Crippen molar-refractivity contribution in [3.63, 3.8) is 0 Å². The molecule has 0 atom stereocenters. The van der Waals surface area contributed by atoms with Crippen LogP contribution in [0.5, 0.6) is 17.2 Å². The standard InChI is InChI=1S/C21H24N2O6/c1-13(2)15-6-5-14(3)9-18(15)29-12-21(24)22-16-10-19-20(11-17(16)23(25)26)28-8-4-7-27-19/h5-6,9-11,13H,4,7-8,12H2,1-3H3,(H,22,24). The number of carbonyl (C=O) groups excluding carboxylic acids is 1. The first-order chi connectivity index (χ1) is 13.8. The zero-order chi connectivity index (χ0) is 21.0. The molecule has 29 heavy (non-hydrogen) atoms. The molecule has 0 aliphatic carbocycles. The number of nitro benzene ring substituents is 1. The van der Waals surface area contributed by atoms with Gasteiger partial charge in [0.2, 0.25) is 0 Å². The van der Waals surface area contributed by atoms with Crippen molar-refractivity contribution >= 4 is 17.3 Å². The van der Waals surface area contributed by atoms with Crippen molar-refractivity contribution in [2.24, 2.45) is 0 Å². The summed E-state index contributed by atoms with van der Waals surface area (Å²) >= 11 is 0. The normalized spacial score (nSPS) is 13.0. The predicted octanol–water partition coefficient (Wildman–Crippen LogP) is 4.21. The Balaban J connectivity index is 1.76. The zero-order valence-electron chi connectivity index (χ0n) is 16.7. The minimum Gasteiger partial charge on any atom is -0.489 e. The number of benzene rings is 2. The number of amides is 1. The van der Waals surface area contributed by atoms with Crippen LogP contribution < -0.4 is 19.5 Å². The Hall–Kier alpha value is -3.29. The highest BCUT2D eigenvalue weighted by Crippen LogP contribution is 2.39. The van der Waals surface area contributed by atoms with Crippen molar-refractivity contribution < 1.29 is 23.9 Å². The fourth-order valence-electron chi connectivity index (χ4n) is 3.02. The first-order valence-electron chi connectivity index (χ1n) is 9.46. The van der Waals surface area contributed by atoms with Crippen molar-refractivity contribution in [3.8, 4) is 17.2 Å². The van der Waals surface area contributed by atoms with Crippen LogP contribution in [-0.2, 0) is 4.79 Å². The third kappa shape index (κ3) is 4.96. The molecule has 1 heterocycles. The molecule has 0 radical (unpaired) electrons. The summed E-state index contributed by atoms with van der Waals surface area (Å²) in [6.07, 6.45) is 0.673. The van der Waals surface area contributed by atoms with E-state index >= 15 is 0 Å². The van der Waals surface area contributed by atoms with Crippen LogP contribution in [0.4, 0.5) is 11.4 Å². The predicted molar refractivity (Wildman–Crippen MR) is 108 cm³/mol. The number of hydrogen-bond acceptors (Lipinski definition) is 6. The summed E-state index contributed by atoms with van der Waals surface area (Å²) in [6, 6.07) is 8.53. The molecule has 1 aliphatic rings. The number of nitrogens with one attached hydrogen (secondary N) is 1. The minimum absolute atomic E-state index is 0.0428. The van der Waals surface area contributed by atoms with E-state index in [1.54, 1.807) is 0 Å². The van der Waals surface area contributed by atoms with E-state index in [0.717, 1.165) is 11.1 Å². The molecule has 1 aliphatic heterocycles. The summed E-state index contributed by atoms with van der Waals surface area (Å²) < 4.78 is 16.8. The number of carbonyl (C=O) groups is 1. The quantitative estimate of drug-likeness (QED) is 0.576. The van der Waals surface area contributed by atoms with E-state index < -0.39 is 10.8 Å². The van der Waals surface area contributed by atoms with Crippen LogP contribution in [0.1, 0.15) is 37.3 Å². The lowest BCUT2D eigenvalue weighted by molar-refractivity contribution is -0.384. The van der Waals surface area contributed by atoms with Crippen molar-refractivity contribution in [1.82, 2.24) is 0 Å². The molecule has 2 aromatic rings.